The number of hydrogen-bond donors (Lipinski definition) is 1. The lowest BCUT2D eigenvalue weighted by Gasteiger charge is -2.24. The number of carbonyl (C=O) groups excluding carboxylic acids is 1. The van der Waals surface area contributed by atoms with Crippen molar-refractivity contribution in [3.8, 4) is 0 Å². The molecule has 0 aromatic rings. The number of nitrogens with one attached hydrogen (secondary N) is 1. The molecule has 0 bridgehead atoms. The van der Waals surface area contributed by atoms with Crippen LogP contribution in [0.3, 0.4) is 0 Å². The minimum atomic E-state index is -0.0498. The van der Waals surface area contributed by atoms with Crippen molar-refractivity contribution in [1.29, 1.82) is 0 Å². The van der Waals surface area contributed by atoms with Crippen molar-refractivity contribution < 1.29 is 9.53 Å². The van der Waals surface area contributed by atoms with Crippen LogP contribution in [-0.2, 0) is 9.53 Å². The van der Waals surface area contributed by atoms with Crippen LogP contribution >= 0.6 is 0 Å². The van der Waals surface area contributed by atoms with Crippen LogP contribution in [0.15, 0.2) is 11.8 Å². The van der Waals surface area contributed by atoms with Crippen molar-refractivity contribution in [3.63, 3.8) is 0 Å². The van der Waals surface area contributed by atoms with E-state index >= 15 is 0 Å². The molecule has 1 aliphatic rings. The van der Waals surface area contributed by atoms with Gasteiger partial charge in [0.15, 0.2) is 0 Å². The largest absolute Gasteiger partial charge is 0.495 e. The highest BCUT2D eigenvalue weighted by atomic mass is 16.5. The summed E-state index contributed by atoms with van der Waals surface area (Å²) in [5.41, 5.74) is 0.0763. The molecule has 0 unspecified atom stereocenters. The van der Waals surface area contributed by atoms with E-state index in [1.165, 1.54) is 0 Å². The molecule has 0 fully saturated rings. The predicted molar refractivity (Wildman–Crippen MR) is 55.7 cm³/mol. The van der Waals surface area contributed by atoms with Crippen molar-refractivity contribution >= 4 is 5.91 Å². The molecule has 14 heavy (non-hydrogen) atoms. The van der Waals surface area contributed by atoms with Gasteiger partial charge in [0, 0.05) is 19.0 Å². The van der Waals surface area contributed by atoms with Gasteiger partial charge in [-0.15, -0.1) is 0 Å². The molecule has 0 spiro atoms. The molecule has 3 heteroatoms. The summed E-state index contributed by atoms with van der Waals surface area (Å²) < 4.78 is 5.58. The van der Waals surface area contributed by atoms with Crippen molar-refractivity contribution in [2.24, 2.45) is 5.41 Å². The van der Waals surface area contributed by atoms with Crippen LogP contribution in [-0.4, -0.2) is 18.6 Å². The predicted octanol–water partition coefficient (Wildman–Crippen LogP) is 1.84. The third-order valence-corrected chi connectivity index (χ3v) is 2.07. The first-order chi connectivity index (χ1) is 6.39. The Morgan fingerprint density at radius 1 is 1.50 bits per heavy atom. The Balaban J connectivity index is 2.74. The summed E-state index contributed by atoms with van der Waals surface area (Å²) in [6.07, 6.45) is 2.50. The topological polar surface area (TPSA) is 38.3 Å². The van der Waals surface area contributed by atoms with Gasteiger partial charge in [-0.25, -0.2) is 0 Å². The summed E-state index contributed by atoms with van der Waals surface area (Å²) in [5, 5.41) is 2.84. The highest BCUT2D eigenvalue weighted by molar-refractivity contribution is 5.88. The van der Waals surface area contributed by atoms with Gasteiger partial charge >= 0.3 is 0 Å². The Morgan fingerprint density at radius 2 is 2.14 bits per heavy atom. The smallest absolute Gasteiger partial charge is 0.247 e. The fraction of sp³-hybridized carbons (Fsp3) is 0.727. The quantitative estimate of drug-likeness (QED) is 0.733. The highest BCUT2D eigenvalue weighted by Crippen LogP contribution is 2.27. The van der Waals surface area contributed by atoms with E-state index in [1.807, 2.05) is 13.8 Å². The molecule has 1 amide bonds. The standard InChI is InChI=1S/C11H19NO2/c1-8(2)14-9-5-10(13)12-7-11(3,4)6-9/h5,8H,6-7H2,1-4H3,(H,12,13). The number of hydrogen-bond acceptors (Lipinski definition) is 2. The molecule has 1 heterocycles. The van der Waals surface area contributed by atoms with Crippen LogP contribution < -0.4 is 5.32 Å². The maximum Gasteiger partial charge on any atom is 0.247 e. The van der Waals surface area contributed by atoms with Crippen LogP contribution in [0, 0.1) is 5.41 Å². The van der Waals surface area contributed by atoms with Gasteiger partial charge in [0.25, 0.3) is 0 Å². The zero-order valence-corrected chi connectivity index (χ0v) is 9.39. The van der Waals surface area contributed by atoms with E-state index in [4.69, 9.17) is 4.74 Å². The highest BCUT2D eigenvalue weighted by Gasteiger charge is 2.25. The zero-order chi connectivity index (χ0) is 10.8. The molecule has 0 aromatic carbocycles. The maximum absolute atomic E-state index is 11.3. The fourth-order valence-corrected chi connectivity index (χ4v) is 1.49. The van der Waals surface area contributed by atoms with E-state index in [-0.39, 0.29) is 17.4 Å². The van der Waals surface area contributed by atoms with Gasteiger partial charge in [0.2, 0.25) is 5.91 Å². The number of ether oxygens (including phenoxy) is 1. The number of carbonyl (C=O) groups is 1. The van der Waals surface area contributed by atoms with E-state index in [1.54, 1.807) is 6.08 Å². The summed E-state index contributed by atoms with van der Waals surface area (Å²) >= 11 is 0. The number of amides is 1. The summed E-state index contributed by atoms with van der Waals surface area (Å²) in [7, 11) is 0. The first-order valence-electron chi connectivity index (χ1n) is 5.04. The average Bonchev–Trinajstić information content (AvgIpc) is 2.08. The van der Waals surface area contributed by atoms with Crippen molar-refractivity contribution in [2.45, 2.75) is 40.2 Å². The van der Waals surface area contributed by atoms with E-state index in [2.05, 4.69) is 19.2 Å². The summed E-state index contributed by atoms with van der Waals surface area (Å²) in [4.78, 5) is 11.3. The molecule has 0 radical (unpaired) electrons. The Kier molecular flexibility index (Phi) is 3.19. The van der Waals surface area contributed by atoms with Gasteiger partial charge < -0.3 is 10.1 Å². The molecule has 80 valence electrons. The molecule has 0 atom stereocenters. The van der Waals surface area contributed by atoms with Gasteiger partial charge in [-0.2, -0.15) is 0 Å². The van der Waals surface area contributed by atoms with Crippen molar-refractivity contribution in [2.75, 3.05) is 6.54 Å². The van der Waals surface area contributed by atoms with Gasteiger partial charge in [0.1, 0.15) is 5.76 Å². The second-order valence-corrected chi connectivity index (χ2v) is 4.84. The normalized spacial score (nSPS) is 21.2. The lowest BCUT2D eigenvalue weighted by Crippen LogP contribution is -2.30. The summed E-state index contributed by atoms with van der Waals surface area (Å²) in [6.45, 7) is 8.88. The molecule has 0 aromatic heterocycles. The number of allylic oxidation sites excluding steroid dienone is 1. The Hall–Kier alpha value is -0.990. The average molecular weight is 197 g/mol. The second kappa shape index (κ2) is 4.03. The Bertz CT molecular complexity index is 254. The Morgan fingerprint density at radius 3 is 2.71 bits per heavy atom. The molecule has 1 N–H and O–H groups in total. The van der Waals surface area contributed by atoms with E-state index < -0.39 is 0 Å². The summed E-state index contributed by atoms with van der Waals surface area (Å²) in [5.74, 6) is 0.742. The van der Waals surface area contributed by atoms with E-state index in [0.717, 1.165) is 12.2 Å². The Labute approximate surface area is 85.5 Å². The SMILES string of the molecule is CC(C)OC1=CC(=O)NCC(C)(C)C1. The molecule has 0 saturated heterocycles. The molecule has 0 aliphatic carbocycles. The number of rotatable bonds is 2. The van der Waals surface area contributed by atoms with Gasteiger partial charge in [-0.3, -0.25) is 4.79 Å². The molecular weight excluding hydrogens is 178 g/mol. The monoisotopic (exact) mass is 197 g/mol. The molecule has 1 aliphatic heterocycles. The van der Waals surface area contributed by atoms with Gasteiger partial charge in [0.05, 0.1) is 6.10 Å². The van der Waals surface area contributed by atoms with E-state index in [9.17, 15) is 4.79 Å². The van der Waals surface area contributed by atoms with Gasteiger partial charge in [-0.05, 0) is 19.3 Å². The minimum Gasteiger partial charge on any atom is -0.495 e. The maximum atomic E-state index is 11.3. The first kappa shape index (κ1) is 11.1. The third kappa shape index (κ3) is 3.40. The van der Waals surface area contributed by atoms with Crippen molar-refractivity contribution in [3.05, 3.63) is 11.8 Å². The first-order valence-corrected chi connectivity index (χ1v) is 5.04. The molecule has 1 rings (SSSR count). The van der Waals surface area contributed by atoms with Crippen LogP contribution in [0.25, 0.3) is 0 Å². The van der Waals surface area contributed by atoms with Crippen LogP contribution in [0.1, 0.15) is 34.1 Å². The van der Waals surface area contributed by atoms with E-state index in [0.29, 0.717) is 6.54 Å². The van der Waals surface area contributed by atoms with Crippen LogP contribution in [0.4, 0.5) is 0 Å². The second-order valence-electron chi connectivity index (χ2n) is 4.84. The lowest BCUT2D eigenvalue weighted by molar-refractivity contribution is -0.116. The fourth-order valence-electron chi connectivity index (χ4n) is 1.49. The zero-order valence-electron chi connectivity index (χ0n) is 9.39. The minimum absolute atomic E-state index is 0.0498. The third-order valence-electron chi connectivity index (χ3n) is 2.07. The molecule has 3 nitrogen and oxygen atoms in total. The molecular formula is C11H19NO2. The van der Waals surface area contributed by atoms with Crippen LogP contribution in [0.2, 0.25) is 0 Å². The lowest BCUT2D eigenvalue weighted by atomic mass is 9.89. The molecule has 0 saturated carbocycles. The van der Waals surface area contributed by atoms with Gasteiger partial charge in [-0.1, -0.05) is 13.8 Å². The van der Waals surface area contributed by atoms with Crippen molar-refractivity contribution in [1.82, 2.24) is 5.32 Å². The summed E-state index contributed by atoms with van der Waals surface area (Å²) in [6, 6.07) is 0. The van der Waals surface area contributed by atoms with Crippen LogP contribution in [0.5, 0.6) is 0 Å².